The Morgan fingerprint density at radius 3 is 2.72 bits per heavy atom. The van der Waals surface area contributed by atoms with Crippen LogP contribution in [0.4, 0.5) is 29.1 Å². The van der Waals surface area contributed by atoms with E-state index in [1.807, 2.05) is 13.0 Å². The van der Waals surface area contributed by atoms with Gasteiger partial charge in [-0.05, 0) is 30.2 Å². The third kappa shape index (κ3) is 6.52. The van der Waals surface area contributed by atoms with Gasteiger partial charge in [-0.15, -0.1) is 0 Å². The summed E-state index contributed by atoms with van der Waals surface area (Å²) in [6, 6.07) is 5.23. The van der Waals surface area contributed by atoms with Crippen LogP contribution in [0.5, 0.6) is 0 Å². The minimum absolute atomic E-state index is 0.00707. The molecule has 14 heteroatoms. The molecule has 1 aromatic carbocycles. The number of hydrogen-bond donors (Lipinski definition) is 3. The Morgan fingerprint density at radius 2 is 2.00 bits per heavy atom. The quantitative estimate of drug-likeness (QED) is 0.171. The first-order valence-electron chi connectivity index (χ1n) is 12.2. The number of halogens is 4. The highest BCUT2D eigenvalue weighted by Crippen LogP contribution is 2.32. The van der Waals surface area contributed by atoms with Crippen LogP contribution in [0.15, 0.2) is 43.0 Å². The molecule has 4 aromatic rings. The number of carbonyl (C=O) groups is 1. The molecule has 0 spiro atoms. The number of rotatable bonds is 13. The number of alkyl halides is 4. The number of anilines is 2. The molecular formula is C25H28F4N8O2. The third-order valence-electron chi connectivity index (χ3n) is 5.81. The van der Waals surface area contributed by atoms with Gasteiger partial charge < -0.3 is 21.1 Å². The van der Waals surface area contributed by atoms with E-state index in [4.69, 9.17) is 10.5 Å². The van der Waals surface area contributed by atoms with Gasteiger partial charge in [0, 0.05) is 48.5 Å². The second-order valence-corrected chi connectivity index (χ2v) is 8.46. The highest BCUT2D eigenvalue weighted by molar-refractivity contribution is 5.96. The SMILES string of the molecule is CCc1cc(Nc2nccn3c(-c4cn(CC(F)F)nc4C(F)F)cnc23)ccc1C(=O)NCCOCCN. The summed E-state index contributed by atoms with van der Waals surface area (Å²) in [5.41, 5.74) is 7.29. The van der Waals surface area contributed by atoms with E-state index in [9.17, 15) is 22.4 Å². The van der Waals surface area contributed by atoms with Crippen molar-refractivity contribution in [3.8, 4) is 11.3 Å². The Labute approximate surface area is 221 Å². The normalized spacial score (nSPS) is 11.6. The maximum absolute atomic E-state index is 13.7. The summed E-state index contributed by atoms with van der Waals surface area (Å²) in [5.74, 6) is 0.105. The molecule has 3 heterocycles. The summed E-state index contributed by atoms with van der Waals surface area (Å²) in [4.78, 5) is 21.3. The number of nitrogens with two attached hydrogens (primary N) is 1. The lowest BCUT2D eigenvalue weighted by Gasteiger charge is -2.13. The van der Waals surface area contributed by atoms with Gasteiger partial charge in [-0.3, -0.25) is 13.9 Å². The number of fused-ring (bicyclic) bond motifs is 1. The number of nitrogens with zero attached hydrogens (tertiary/aromatic N) is 5. The molecule has 0 aliphatic heterocycles. The Bertz CT molecular complexity index is 1420. The van der Waals surface area contributed by atoms with Gasteiger partial charge in [-0.1, -0.05) is 6.92 Å². The molecule has 0 radical (unpaired) electrons. The summed E-state index contributed by atoms with van der Waals surface area (Å²) in [6.07, 6.45) is 0.390. The molecule has 4 N–H and O–H groups in total. The van der Waals surface area contributed by atoms with E-state index in [1.54, 1.807) is 12.1 Å². The maximum atomic E-state index is 13.7. The van der Waals surface area contributed by atoms with E-state index in [0.717, 1.165) is 16.4 Å². The van der Waals surface area contributed by atoms with Crippen molar-refractivity contribution < 1.29 is 27.1 Å². The smallest absolute Gasteiger partial charge is 0.282 e. The summed E-state index contributed by atoms with van der Waals surface area (Å²) in [7, 11) is 0. The van der Waals surface area contributed by atoms with Crippen LogP contribution in [-0.2, 0) is 17.7 Å². The zero-order valence-electron chi connectivity index (χ0n) is 21.1. The van der Waals surface area contributed by atoms with Gasteiger partial charge in [0.05, 0.1) is 25.1 Å². The third-order valence-corrected chi connectivity index (χ3v) is 5.81. The molecule has 1 amide bonds. The molecule has 0 unspecified atom stereocenters. The molecule has 3 aromatic heterocycles. The molecule has 0 saturated heterocycles. The predicted octanol–water partition coefficient (Wildman–Crippen LogP) is 3.81. The number of carbonyl (C=O) groups excluding carboxylic acids is 1. The second-order valence-electron chi connectivity index (χ2n) is 8.46. The van der Waals surface area contributed by atoms with Gasteiger partial charge in [-0.25, -0.2) is 27.5 Å². The van der Waals surface area contributed by atoms with Crippen molar-refractivity contribution in [3.63, 3.8) is 0 Å². The number of benzene rings is 1. The predicted molar refractivity (Wildman–Crippen MR) is 136 cm³/mol. The van der Waals surface area contributed by atoms with E-state index < -0.39 is 25.1 Å². The minimum Gasteiger partial charge on any atom is -0.378 e. The first-order valence-corrected chi connectivity index (χ1v) is 12.2. The monoisotopic (exact) mass is 548 g/mol. The van der Waals surface area contributed by atoms with Crippen LogP contribution in [0.25, 0.3) is 16.9 Å². The van der Waals surface area contributed by atoms with Crippen molar-refractivity contribution >= 4 is 23.1 Å². The second kappa shape index (κ2) is 12.7. The molecule has 0 saturated carbocycles. The highest BCUT2D eigenvalue weighted by atomic mass is 19.3. The molecule has 208 valence electrons. The van der Waals surface area contributed by atoms with Crippen LogP contribution < -0.4 is 16.4 Å². The van der Waals surface area contributed by atoms with Crippen LogP contribution in [0, 0.1) is 0 Å². The molecule has 0 atom stereocenters. The number of amides is 1. The van der Waals surface area contributed by atoms with Crippen LogP contribution in [0.2, 0.25) is 0 Å². The first-order chi connectivity index (χ1) is 18.8. The van der Waals surface area contributed by atoms with Crippen molar-refractivity contribution in [1.82, 2.24) is 29.5 Å². The minimum atomic E-state index is -2.97. The van der Waals surface area contributed by atoms with Crippen molar-refractivity contribution in [3.05, 3.63) is 59.8 Å². The number of aryl methyl sites for hydroxylation is 1. The average Bonchev–Trinajstić information content (AvgIpc) is 3.52. The van der Waals surface area contributed by atoms with Gasteiger partial charge >= 0.3 is 0 Å². The lowest BCUT2D eigenvalue weighted by molar-refractivity contribution is 0.0919. The van der Waals surface area contributed by atoms with E-state index in [0.29, 0.717) is 55.4 Å². The van der Waals surface area contributed by atoms with Crippen molar-refractivity contribution in [2.45, 2.75) is 32.7 Å². The molecular weight excluding hydrogens is 520 g/mol. The Balaban J connectivity index is 1.58. The highest BCUT2D eigenvalue weighted by Gasteiger charge is 2.23. The van der Waals surface area contributed by atoms with Crippen LogP contribution >= 0.6 is 0 Å². The van der Waals surface area contributed by atoms with Crippen LogP contribution in [-0.4, -0.2) is 62.8 Å². The standard InChI is InChI=1S/C25H28F4N8O2/c1-2-15-11-16(3-4-17(15)25(38)32-7-10-39-9-5-30)34-23-24-33-12-19(37(24)8-6-31-23)18-13-36(14-20(26)27)35-21(18)22(28)29/h3-4,6,8,11-13,20,22H,2,5,7,9-10,14,30H2,1H3,(H,31,34)(H,32,38). The van der Waals surface area contributed by atoms with Crippen molar-refractivity contribution in [1.29, 1.82) is 0 Å². The molecule has 0 bridgehead atoms. The maximum Gasteiger partial charge on any atom is 0.282 e. The number of nitrogens with one attached hydrogen (secondary N) is 2. The van der Waals surface area contributed by atoms with E-state index >= 15 is 0 Å². The summed E-state index contributed by atoms with van der Waals surface area (Å²) < 4.78 is 60.6. The first kappa shape index (κ1) is 28.0. The Kier molecular flexibility index (Phi) is 9.09. The lowest BCUT2D eigenvalue weighted by atomic mass is 10.0. The van der Waals surface area contributed by atoms with Gasteiger partial charge in [0.1, 0.15) is 12.2 Å². The van der Waals surface area contributed by atoms with Gasteiger partial charge in [0.15, 0.2) is 11.5 Å². The van der Waals surface area contributed by atoms with Gasteiger partial charge in [0.25, 0.3) is 18.8 Å². The Morgan fingerprint density at radius 1 is 1.18 bits per heavy atom. The fraction of sp³-hybridized carbons (Fsp3) is 0.360. The molecule has 10 nitrogen and oxygen atoms in total. The van der Waals surface area contributed by atoms with E-state index in [2.05, 4.69) is 25.7 Å². The topological polar surface area (TPSA) is 124 Å². The van der Waals surface area contributed by atoms with Crippen LogP contribution in [0.3, 0.4) is 0 Å². The van der Waals surface area contributed by atoms with Gasteiger partial charge in [0.2, 0.25) is 0 Å². The zero-order chi connectivity index (χ0) is 27.9. The molecule has 0 fully saturated rings. The fourth-order valence-electron chi connectivity index (χ4n) is 4.08. The van der Waals surface area contributed by atoms with E-state index in [-0.39, 0.29) is 17.2 Å². The fourth-order valence-corrected chi connectivity index (χ4v) is 4.08. The number of imidazole rings is 1. The van der Waals surface area contributed by atoms with E-state index in [1.165, 1.54) is 23.0 Å². The molecule has 4 rings (SSSR count). The average molecular weight is 549 g/mol. The summed E-state index contributed by atoms with van der Waals surface area (Å²) >= 11 is 0. The number of aromatic nitrogens is 5. The number of ether oxygens (including phenoxy) is 1. The summed E-state index contributed by atoms with van der Waals surface area (Å²) in [6.45, 7) is 2.66. The summed E-state index contributed by atoms with van der Waals surface area (Å²) in [5, 5.41) is 9.62. The van der Waals surface area contributed by atoms with Gasteiger partial charge in [-0.2, -0.15) is 5.10 Å². The molecule has 0 aliphatic carbocycles. The Hall–Kier alpha value is -4.04. The zero-order valence-corrected chi connectivity index (χ0v) is 21.1. The van der Waals surface area contributed by atoms with Crippen LogP contribution in [0.1, 0.15) is 35.0 Å². The lowest BCUT2D eigenvalue weighted by Crippen LogP contribution is -2.28. The molecule has 0 aliphatic rings. The molecule has 39 heavy (non-hydrogen) atoms. The van der Waals surface area contributed by atoms with Crippen molar-refractivity contribution in [2.24, 2.45) is 5.73 Å². The van der Waals surface area contributed by atoms with Crippen molar-refractivity contribution in [2.75, 3.05) is 31.6 Å². The number of hydrogen-bond acceptors (Lipinski definition) is 7. The largest absolute Gasteiger partial charge is 0.378 e.